The molecule has 0 bridgehead atoms. The van der Waals surface area contributed by atoms with Crippen LogP contribution in [0.4, 0.5) is 19.0 Å². The lowest BCUT2D eigenvalue weighted by Gasteiger charge is -2.40. The number of carbonyl (C=O) groups is 1. The van der Waals surface area contributed by atoms with Gasteiger partial charge in [-0.2, -0.15) is 4.98 Å². The first-order chi connectivity index (χ1) is 18.6. The average molecular weight is 556 g/mol. The van der Waals surface area contributed by atoms with Crippen LogP contribution >= 0.6 is 11.6 Å². The van der Waals surface area contributed by atoms with Crippen LogP contribution in [0.1, 0.15) is 6.92 Å². The largest absolute Gasteiger partial charge is 0.507 e. The Morgan fingerprint density at radius 2 is 1.77 bits per heavy atom. The summed E-state index contributed by atoms with van der Waals surface area (Å²) >= 11 is 6.53. The summed E-state index contributed by atoms with van der Waals surface area (Å²) in [6.45, 7) is 6.19. The number of para-hydroxylation sites is 1. The summed E-state index contributed by atoms with van der Waals surface area (Å²) in [4.78, 5) is 37.4. The van der Waals surface area contributed by atoms with Crippen molar-refractivity contribution in [3.63, 3.8) is 0 Å². The molecule has 1 atom stereocenters. The van der Waals surface area contributed by atoms with Crippen molar-refractivity contribution >= 4 is 34.4 Å². The molecule has 1 N–H and O–H groups in total. The van der Waals surface area contributed by atoms with Crippen molar-refractivity contribution in [3.8, 4) is 22.7 Å². The minimum Gasteiger partial charge on any atom is -0.507 e. The lowest BCUT2D eigenvalue weighted by atomic mass is 10.1. The number of anilines is 1. The first-order valence-electron chi connectivity index (χ1n) is 11.9. The highest BCUT2D eigenvalue weighted by atomic mass is 35.5. The van der Waals surface area contributed by atoms with E-state index in [1.165, 1.54) is 24.3 Å². The summed E-state index contributed by atoms with van der Waals surface area (Å²) in [7, 11) is 0. The number of halogens is 4. The number of phenols is 1. The molecule has 2 aromatic heterocycles. The van der Waals surface area contributed by atoms with E-state index in [1.807, 2.05) is 6.92 Å². The summed E-state index contributed by atoms with van der Waals surface area (Å²) < 4.78 is 45.3. The zero-order chi connectivity index (χ0) is 28.0. The Kier molecular flexibility index (Phi) is 6.77. The fourth-order valence-electron chi connectivity index (χ4n) is 4.75. The molecular weight excluding hydrogens is 535 g/mol. The Morgan fingerprint density at radius 3 is 2.41 bits per heavy atom. The van der Waals surface area contributed by atoms with Crippen LogP contribution in [0.3, 0.4) is 0 Å². The fourth-order valence-corrected chi connectivity index (χ4v) is 5.00. The van der Waals surface area contributed by atoms with Crippen molar-refractivity contribution in [1.82, 2.24) is 19.4 Å². The molecule has 1 amide bonds. The molecule has 0 spiro atoms. The van der Waals surface area contributed by atoms with E-state index < -0.39 is 34.6 Å². The molecule has 200 valence electrons. The highest BCUT2D eigenvalue weighted by Gasteiger charge is 2.30. The second-order valence-corrected chi connectivity index (χ2v) is 9.39. The number of aromatic nitrogens is 3. The van der Waals surface area contributed by atoms with Crippen molar-refractivity contribution in [2.75, 3.05) is 24.5 Å². The zero-order valence-electron chi connectivity index (χ0n) is 20.5. The number of hydrogen-bond donors (Lipinski definition) is 1. The van der Waals surface area contributed by atoms with Crippen LogP contribution in [0.5, 0.6) is 5.75 Å². The van der Waals surface area contributed by atoms with Gasteiger partial charge in [0.2, 0.25) is 5.91 Å². The van der Waals surface area contributed by atoms with Gasteiger partial charge in [-0.15, -0.1) is 0 Å². The standard InChI is InChI=1S/C27H21ClF3N5O3/c1-3-21(38)34-10-11-35(14(2)13-34)25-15-12-16(28)23(22-17(29)6-5-9-20(22)37)32-26(15)36(27(39)33-25)24-18(30)7-4-8-19(24)31/h3-9,12,14,37H,1,10-11,13H2,2H3/t14-/m0/s1. The van der Waals surface area contributed by atoms with Crippen molar-refractivity contribution in [3.05, 3.63) is 88.1 Å². The smallest absolute Gasteiger partial charge is 0.356 e. The van der Waals surface area contributed by atoms with Crippen LogP contribution in [0.2, 0.25) is 5.02 Å². The number of fused-ring (bicyclic) bond motifs is 1. The first-order valence-corrected chi connectivity index (χ1v) is 12.2. The van der Waals surface area contributed by atoms with Gasteiger partial charge >= 0.3 is 5.69 Å². The number of nitrogens with zero attached hydrogens (tertiary/aromatic N) is 5. The normalized spacial score (nSPS) is 15.6. The molecule has 8 nitrogen and oxygen atoms in total. The van der Waals surface area contributed by atoms with E-state index in [1.54, 1.807) is 9.80 Å². The zero-order valence-corrected chi connectivity index (χ0v) is 21.3. The van der Waals surface area contributed by atoms with Gasteiger partial charge in [-0.3, -0.25) is 4.79 Å². The van der Waals surface area contributed by atoms with Crippen LogP contribution < -0.4 is 10.6 Å². The molecule has 1 aliphatic rings. The molecule has 0 aliphatic carbocycles. The van der Waals surface area contributed by atoms with Crippen LogP contribution in [0, 0.1) is 17.5 Å². The van der Waals surface area contributed by atoms with E-state index in [4.69, 9.17) is 11.6 Å². The highest BCUT2D eigenvalue weighted by molar-refractivity contribution is 6.34. The number of phenolic OH excluding ortho intramolecular Hbond substituents is 1. The number of amides is 1. The van der Waals surface area contributed by atoms with Gasteiger partial charge in [-0.25, -0.2) is 27.5 Å². The average Bonchev–Trinajstić information content (AvgIpc) is 2.89. The predicted octanol–water partition coefficient (Wildman–Crippen LogP) is 4.45. The number of aromatic hydroxyl groups is 1. The van der Waals surface area contributed by atoms with Gasteiger partial charge in [-0.1, -0.05) is 30.3 Å². The van der Waals surface area contributed by atoms with Crippen molar-refractivity contribution in [2.24, 2.45) is 0 Å². The SMILES string of the molecule is C=CC(=O)N1CCN(c2nc(=O)n(-c3c(F)cccc3F)c3nc(-c4c(O)cccc4F)c(Cl)cc23)[C@@H](C)C1. The molecule has 0 saturated carbocycles. The van der Waals surface area contributed by atoms with Gasteiger partial charge < -0.3 is 14.9 Å². The summed E-state index contributed by atoms with van der Waals surface area (Å²) in [5.41, 5.74) is -2.61. The van der Waals surface area contributed by atoms with E-state index >= 15 is 0 Å². The van der Waals surface area contributed by atoms with E-state index in [0.717, 1.165) is 24.3 Å². The lowest BCUT2D eigenvalue weighted by molar-refractivity contribution is -0.126. The third-order valence-electron chi connectivity index (χ3n) is 6.58. The van der Waals surface area contributed by atoms with Crippen LogP contribution in [-0.2, 0) is 4.79 Å². The van der Waals surface area contributed by atoms with Crippen molar-refractivity contribution in [1.29, 1.82) is 0 Å². The Morgan fingerprint density at radius 1 is 1.10 bits per heavy atom. The summed E-state index contributed by atoms with van der Waals surface area (Å²) in [6.07, 6.45) is 1.21. The number of carbonyl (C=O) groups excluding carboxylic acids is 1. The molecule has 1 saturated heterocycles. The minimum atomic E-state index is -1.05. The van der Waals surface area contributed by atoms with Crippen molar-refractivity contribution in [2.45, 2.75) is 13.0 Å². The van der Waals surface area contributed by atoms with Gasteiger partial charge in [0.05, 0.1) is 21.7 Å². The number of piperazine rings is 1. The van der Waals surface area contributed by atoms with Gasteiger partial charge in [0.15, 0.2) is 5.65 Å². The van der Waals surface area contributed by atoms with Gasteiger partial charge in [0.1, 0.15) is 34.7 Å². The highest BCUT2D eigenvalue weighted by Crippen LogP contribution is 2.38. The molecule has 4 aromatic rings. The maximum Gasteiger partial charge on any atom is 0.356 e. The van der Waals surface area contributed by atoms with E-state index in [9.17, 15) is 27.9 Å². The first kappa shape index (κ1) is 26.2. The van der Waals surface area contributed by atoms with Gasteiger partial charge in [0.25, 0.3) is 0 Å². The lowest BCUT2D eigenvalue weighted by Crippen LogP contribution is -2.54. The maximum absolute atomic E-state index is 14.9. The molecule has 39 heavy (non-hydrogen) atoms. The topological polar surface area (TPSA) is 91.6 Å². The molecule has 5 rings (SSSR count). The quantitative estimate of drug-likeness (QED) is 0.374. The number of benzene rings is 2. The third kappa shape index (κ3) is 4.48. The molecule has 1 fully saturated rings. The Hall–Kier alpha value is -4.38. The number of hydrogen-bond acceptors (Lipinski definition) is 6. The van der Waals surface area contributed by atoms with E-state index in [0.29, 0.717) is 17.7 Å². The van der Waals surface area contributed by atoms with Gasteiger partial charge in [-0.05, 0) is 43.3 Å². The molecule has 2 aromatic carbocycles. The second-order valence-electron chi connectivity index (χ2n) is 8.98. The predicted molar refractivity (Wildman–Crippen MR) is 141 cm³/mol. The van der Waals surface area contributed by atoms with Crippen molar-refractivity contribution < 1.29 is 23.1 Å². The summed E-state index contributed by atoms with van der Waals surface area (Å²) in [5, 5.41) is 10.4. The Bertz CT molecular complexity index is 1670. The second kappa shape index (κ2) is 10.1. The molecule has 3 heterocycles. The van der Waals surface area contributed by atoms with Gasteiger partial charge in [0, 0.05) is 25.7 Å². The molecule has 0 unspecified atom stereocenters. The minimum absolute atomic E-state index is 0.0988. The van der Waals surface area contributed by atoms with E-state index in [-0.39, 0.29) is 51.6 Å². The van der Waals surface area contributed by atoms with Crippen LogP contribution in [-0.4, -0.2) is 56.1 Å². The van der Waals surface area contributed by atoms with E-state index in [2.05, 4.69) is 16.5 Å². The molecule has 12 heteroatoms. The third-order valence-corrected chi connectivity index (χ3v) is 6.86. The summed E-state index contributed by atoms with van der Waals surface area (Å²) in [6, 6.07) is 7.72. The number of rotatable bonds is 4. The fraction of sp³-hybridized carbons (Fsp3) is 0.185. The Balaban J connectivity index is 1.81. The maximum atomic E-state index is 14.9. The summed E-state index contributed by atoms with van der Waals surface area (Å²) in [5.74, 6) is -3.54. The number of pyridine rings is 1. The van der Waals surface area contributed by atoms with Crippen LogP contribution in [0.25, 0.3) is 28.0 Å². The Labute approximate surface area is 225 Å². The molecule has 0 radical (unpaired) electrons. The van der Waals surface area contributed by atoms with Crippen LogP contribution in [0.15, 0.2) is 59.9 Å². The molecule has 1 aliphatic heterocycles. The monoisotopic (exact) mass is 555 g/mol. The molecular formula is C27H21ClF3N5O3.